The fourth-order valence-corrected chi connectivity index (χ4v) is 4.18. The predicted molar refractivity (Wildman–Crippen MR) is 122 cm³/mol. The molecule has 1 heterocycles. The molecule has 1 aliphatic heterocycles. The van der Waals surface area contributed by atoms with Gasteiger partial charge in [0.1, 0.15) is 12.4 Å². The molecule has 0 aromatic heterocycles. The van der Waals surface area contributed by atoms with Crippen LogP contribution in [0.15, 0.2) is 65.1 Å². The Morgan fingerprint density at radius 2 is 1.75 bits per heavy atom. The number of carbonyl (C=O) groups is 2. The lowest BCUT2D eigenvalue weighted by Gasteiger charge is -2.31. The third-order valence-corrected chi connectivity index (χ3v) is 5.78. The maximum absolute atomic E-state index is 13.7. The molecule has 0 spiro atoms. The summed E-state index contributed by atoms with van der Waals surface area (Å²) in [5.74, 6) is -0.194. The molecule has 0 aliphatic carbocycles. The Kier molecular flexibility index (Phi) is 6.14. The summed E-state index contributed by atoms with van der Waals surface area (Å²) in [5, 5.41) is 2.87. The first-order valence-corrected chi connectivity index (χ1v) is 10.6. The second-order valence-corrected chi connectivity index (χ2v) is 8.15. The molecule has 2 amide bonds. The average molecular weight is 499 g/mol. The monoisotopic (exact) mass is 498 g/mol. The molecular weight excluding hydrogens is 479 g/mol. The summed E-state index contributed by atoms with van der Waals surface area (Å²) in [4.78, 5) is 27.9. The molecule has 3 aromatic carbocycles. The molecule has 1 atom stereocenters. The van der Waals surface area contributed by atoms with Crippen LogP contribution in [0.2, 0.25) is 0 Å². The zero-order valence-electron chi connectivity index (χ0n) is 17.4. The van der Waals surface area contributed by atoms with Crippen LogP contribution in [-0.4, -0.2) is 37.5 Å². The maximum atomic E-state index is 13.7. The highest BCUT2D eigenvalue weighted by Gasteiger charge is 2.34. The van der Waals surface area contributed by atoms with Crippen LogP contribution in [0.25, 0.3) is 0 Å². The smallest absolute Gasteiger partial charge is 0.255 e. The van der Waals surface area contributed by atoms with E-state index < -0.39 is 6.04 Å². The summed E-state index contributed by atoms with van der Waals surface area (Å²) >= 11 is 3.47. The summed E-state index contributed by atoms with van der Waals surface area (Å²) in [6.45, 7) is -0.179. The van der Waals surface area contributed by atoms with Crippen LogP contribution in [0.3, 0.4) is 0 Å². The number of methoxy groups -OCH3 is 2. The Balaban J connectivity index is 1.87. The van der Waals surface area contributed by atoms with Crippen LogP contribution in [0, 0.1) is 5.82 Å². The van der Waals surface area contributed by atoms with E-state index >= 15 is 0 Å². The second kappa shape index (κ2) is 9.00. The number of benzene rings is 3. The molecule has 0 bridgehead atoms. The van der Waals surface area contributed by atoms with Gasteiger partial charge in [-0.05, 0) is 54.1 Å². The Morgan fingerprint density at radius 3 is 2.44 bits per heavy atom. The summed E-state index contributed by atoms with van der Waals surface area (Å²) in [6, 6.07) is 15.6. The summed E-state index contributed by atoms with van der Waals surface area (Å²) in [6.07, 6.45) is 0. The average Bonchev–Trinajstić information content (AvgIpc) is 2.94. The number of anilines is 1. The van der Waals surface area contributed by atoms with Crippen molar-refractivity contribution < 1.29 is 23.5 Å². The van der Waals surface area contributed by atoms with Crippen molar-refractivity contribution in [3.8, 4) is 11.5 Å². The topological polar surface area (TPSA) is 67.9 Å². The van der Waals surface area contributed by atoms with Gasteiger partial charge in [-0.1, -0.05) is 28.1 Å². The quantitative estimate of drug-likeness (QED) is 0.561. The summed E-state index contributed by atoms with van der Waals surface area (Å²) in [7, 11) is 3.00. The van der Waals surface area contributed by atoms with E-state index in [1.165, 1.54) is 31.3 Å². The van der Waals surface area contributed by atoms with Gasteiger partial charge in [0.25, 0.3) is 5.91 Å². The number of rotatable bonds is 4. The van der Waals surface area contributed by atoms with Gasteiger partial charge in [0, 0.05) is 21.3 Å². The van der Waals surface area contributed by atoms with Crippen LogP contribution < -0.4 is 14.8 Å². The number of halogens is 2. The van der Waals surface area contributed by atoms with Gasteiger partial charge in [-0.25, -0.2) is 4.39 Å². The molecule has 0 fully saturated rings. The van der Waals surface area contributed by atoms with Crippen molar-refractivity contribution in [2.24, 2.45) is 0 Å². The van der Waals surface area contributed by atoms with E-state index in [1.807, 2.05) is 12.1 Å². The molecule has 0 radical (unpaired) electrons. The van der Waals surface area contributed by atoms with Crippen LogP contribution >= 0.6 is 15.9 Å². The van der Waals surface area contributed by atoms with Crippen molar-refractivity contribution in [1.82, 2.24) is 4.90 Å². The van der Waals surface area contributed by atoms with Crippen molar-refractivity contribution in [1.29, 1.82) is 0 Å². The number of carbonyl (C=O) groups excluding carboxylic acids is 2. The Labute approximate surface area is 193 Å². The molecule has 4 rings (SSSR count). The van der Waals surface area contributed by atoms with Crippen LogP contribution in [0.5, 0.6) is 11.5 Å². The molecule has 164 valence electrons. The first kappa shape index (κ1) is 21.8. The van der Waals surface area contributed by atoms with Crippen molar-refractivity contribution in [2.75, 3.05) is 26.1 Å². The van der Waals surface area contributed by atoms with E-state index in [1.54, 1.807) is 36.4 Å². The van der Waals surface area contributed by atoms with Crippen LogP contribution in [-0.2, 0) is 4.79 Å². The lowest BCUT2D eigenvalue weighted by Crippen LogP contribution is -2.39. The van der Waals surface area contributed by atoms with E-state index in [0.29, 0.717) is 33.9 Å². The van der Waals surface area contributed by atoms with E-state index in [4.69, 9.17) is 9.47 Å². The Hall–Kier alpha value is -3.39. The standard InChI is InChI=1S/C24H20BrFN2O4/c1-31-20-10-5-15(11-21(20)32-2)24(30)28-13-22(29)27-19-9-6-16(25)12-18(19)23(28)14-3-7-17(26)8-4-14/h3-12,23H,13H2,1-2H3,(H,27,29). The minimum Gasteiger partial charge on any atom is -0.493 e. The molecule has 8 heteroatoms. The van der Waals surface area contributed by atoms with Crippen molar-refractivity contribution in [2.45, 2.75) is 6.04 Å². The highest BCUT2D eigenvalue weighted by molar-refractivity contribution is 9.10. The van der Waals surface area contributed by atoms with E-state index in [-0.39, 0.29) is 24.2 Å². The third kappa shape index (κ3) is 4.18. The number of fused-ring (bicyclic) bond motifs is 1. The van der Waals surface area contributed by atoms with Crippen molar-refractivity contribution >= 4 is 33.4 Å². The van der Waals surface area contributed by atoms with Crippen LogP contribution in [0.4, 0.5) is 10.1 Å². The van der Waals surface area contributed by atoms with Gasteiger partial charge in [0.05, 0.1) is 20.3 Å². The van der Waals surface area contributed by atoms with Crippen LogP contribution in [0.1, 0.15) is 27.5 Å². The summed E-state index contributed by atoms with van der Waals surface area (Å²) < 4.78 is 25.0. The fourth-order valence-electron chi connectivity index (χ4n) is 3.81. The first-order valence-electron chi connectivity index (χ1n) is 9.79. The number of nitrogens with one attached hydrogen (secondary N) is 1. The van der Waals surface area contributed by atoms with E-state index in [2.05, 4.69) is 21.2 Å². The number of ether oxygens (including phenoxy) is 2. The summed E-state index contributed by atoms with van der Waals surface area (Å²) in [5.41, 5.74) is 2.32. The number of hydrogen-bond acceptors (Lipinski definition) is 4. The lowest BCUT2D eigenvalue weighted by molar-refractivity contribution is -0.117. The molecular formula is C24H20BrFN2O4. The van der Waals surface area contributed by atoms with Gasteiger partial charge in [-0.3, -0.25) is 9.59 Å². The van der Waals surface area contributed by atoms with Gasteiger partial charge >= 0.3 is 0 Å². The predicted octanol–water partition coefficient (Wildman–Crippen LogP) is 4.79. The molecule has 1 N–H and O–H groups in total. The highest BCUT2D eigenvalue weighted by Crippen LogP contribution is 2.38. The second-order valence-electron chi connectivity index (χ2n) is 7.24. The molecule has 1 unspecified atom stereocenters. The zero-order valence-corrected chi connectivity index (χ0v) is 19.0. The Bertz CT molecular complexity index is 1180. The number of hydrogen-bond donors (Lipinski definition) is 1. The van der Waals surface area contributed by atoms with Gasteiger partial charge in [-0.2, -0.15) is 0 Å². The maximum Gasteiger partial charge on any atom is 0.255 e. The fraction of sp³-hybridized carbons (Fsp3) is 0.167. The largest absolute Gasteiger partial charge is 0.493 e. The third-order valence-electron chi connectivity index (χ3n) is 5.29. The number of nitrogens with zero attached hydrogens (tertiary/aromatic N) is 1. The molecule has 3 aromatic rings. The lowest BCUT2D eigenvalue weighted by atomic mass is 9.95. The Morgan fingerprint density at radius 1 is 1.03 bits per heavy atom. The van der Waals surface area contributed by atoms with Gasteiger partial charge < -0.3 is 19.7 Å². The van der Waals surface area contributed by atoms with Crippen molar-refractivity contribution in [3.05, 3.63) is 87.6 Å². The molecule has 6 nitrogen and oxygen atoms in total. The van der Waals surface area contributed by atoms with Crippen molar-refractivity contribution in [3.63, 3.8) is 0 Å². The highest BCUT2D eigenvalue weighted by atomic mass is 79.9. The van der Waals surface area contributed by atoms with Gasteiger partial charge in [-0.15, -0.1) is 0 Å². The SMILES string of the molecule is COc1ccc(C(=O)N2CC(=O)Nc3ccc(Br)cc3C2c2ccc(F)cc2)cc1OC. The molecule has 32 heavy (non-hydrogen) atoms. The normalized spacial score (nSPS) is 15.4. The minimum atomic E-state index is -0.623. The van der Waals surface area contributed by atoms with E-state index in [9.17, 15) is 14.0 Å². The first-order chi connectivity index (χ1) is 15.4. The van der Waals surface area contributed by atoms with Gasteiger partial charge in [0.2, 0.25) is 5.91 Å². The minimum absolute atomic E-state index is 0.179. The van der Waals surface area contributed by atoms with E-state index in [0.717, 1.165) is 4.47 Å². The van der Waals surface area contributed by atoms with Gasteiger partial charge in [0.15, 0.2) is 11.5 Å². The molecule has 0 saturated heterocycles. The molecule has 1 aliphatic rings. The number of amides is 2. The molecule has 0 saturated carbocycles. The zero-order chi connectivity index (χ0) is 22.8.